The molecular weight excluding hydrogens is 314 g/mol. The van der Waals surface area contributed by atoms with Crippen LogP contribution in [0.4, 0.5) is 11.4 Å². The SMILES string of the molecule is CNC(=O)COc1ccc(NC(=O)c2cccc([N+](=O)[O-])c2)cc1. The van der Waals surface area contributed by atoms with Gasteiger partial charge in [0.15, 0.2) is 6.61 Å². The lowest BCUT2D eigenvalue weighted by atomic mass is 10.2. The maximum atomic E-state index is 12.1. The van der Waals surface area contributed by atoms with E-state index in [1.54, 1.807) is 24.3 Å². The second-order valence-electron chi connectivity index (χ2n) is 4.75. The third kappa shape index (κ3) is 4.54. The van der Waals surface area contributed by atoms with Gasteiger partial charge in [-0.05, 0) is 30.3 Å². The summed E-state index contributed by atoms with van der Waals surface area (Å²) in [5.41, 5.74) is 0.531. The number of anilines is 1. The molecule has 0 bridgehead atoms. The number of likely N-dealkylation sites (N-methyl/N-ethyl adjacent to an activating group) is 1. The maximum Gasteiger partial charge on any atom is 0.270 e. The lowest BCUT2D eigenvalue weighted by Crippen LogP contribution is -2.24. The van der Waals surface area contributed by atoms with E-state index in [0.29, 0.717) is 11.4 Å². The van der Waals surface area contributed by atoms with Gasteiger partial charge in [-0.3, -0.25) is 19.7 Å². The predicted octanol–water partition coefficient (Wildman–Crippen LogP) is 1.97. The van der Waals surface area contributed by atoms with Crippen molar-refractivity contribution in [2.75, 3.05) is 19.0 Å². The third-order valence-electron chi connectivity index (χ3n) is 3.08. The van der Waals surface area contributed by atoms with Crippen LogP contribution < -0.4 is 15.4 Å². The molecule has 2 rings (SSSR count). The Labute approximate surface area is 137 Å². The van der Waals surface area contributed by atoms with E-state index < -0.39 is 10.8 Å². The van der Waals surface area contributed by atoms with Crippen LogP contribution in [-0.2, 0) is 4.79 Å². The van der Waals surface area contributed by atoms with Crippen molar-refractivity contribution < 1.29 is 19.2 Å². The summed E-state index contributed by atoms with van der Waals surface area (Å²) < 4.78 is 5.25. The van der Waals surface area contributed by atoms with Gasteiger partial charge in [-0.25, -0.2) is 0 Å². The fourth-order valence-corrected chi connectivity index (χ4v) is 1.82. The van der Waals surface area contributed by atoms with E-state index in [-0.39, 0.29) is 23.8 Å². The van der Waals surface area contributed by atoms with Gasteiger partial charge >= 0.3 is 0 Å². The van der Waals surface area contributed by atoms with Crippen LogP contribution in [0, 0.1) is 10.1 Å². The number of hydrogen-bond donors (Lipinski definition) is 2. The molecule has 0 spiro atoms. The Morgan fingerprint density at radius 2 is 1.88 bits per heavy atom. The van der Waals surface area contributed by atoms with Gasteiger partial charge in [0.05, 0.1) is 4.92 Å². The number of non-ortho nitro benzene ring substituents is 1. The molecule has 8 heteroatoms. The molecule has 124 valence electrons. The van der Waals surface area contributed by atoms with Crippen molar-refractivity contribution in [1.82, 2.24) is 5.32 Å². The molecule has 2 aromatic carbocycles. The maximum absolute atomic E-state index is 12.1. The van der Waals surface area contributed by atoms with Crippen LogP contribution in [0.2, 0.25) is 0 Å². The highest BCUT2D eigenvalue weighted by Crippen LogP contribution is 2.18. The number of ether oxygens (including phenoxy) is 1. The van der Waals surface area contributed by atoms with Gasteiger partial charge in [-0.15, -0.1) is 0 Å². The summed E-state index contributed by atoms with van der Waals surface area (Å²) >= 11 is 0. The van der Waals surface area contributed by atoms with Gasteiger partial charge in [-0.2, -0.15) is 0 Å². The number of amides is 2. The van der Waals surface area contributed by atoms with E-state index in [9.17, 15) is 19.7 Å². The molecule has 2 N–H and O–H groups in total. The van der Waals surface area contributed by atoms with Crippen molar-refractivity contribution in [1.29, 1.82) is 0 Å². The number of hydrogen-bond acceptors (Lipinski definition) is 5. The van der Waals surface area contributed by atoms with Gasteiger partial charge in [0.1, 0.15) is 5.75 Å². The Morgan fingerprint density at radius 3 is 2.50 bits per heavy atom. The Bertz CT molecular complexity index is 759. The summed E-state index contributed by atoms with van der Waals surface area (Å²) in [5.74, 6) is -0.234. The van der Waals surface area contributed by atoms with Crippen molar-refractivity contribution in [2.45, 2.75) is 0 Å². The summed E-state index contributed by atoms with van der Waals surface area (Å²) in [5, 5.41) is 15.8. The number of benzene rings is 2. The molecule has 8 nitrogen and oxygen atoms in total. The monoisotopic (exact) mass is 329 g/mol. The zero-order valence-corrected chi connectivity index (χ0v) is 12.8. The zero-order chi connectivity index (χ0) is 17.5. The van der Waals surface area contributed by atoms with Crippen LogP contribution in [0.25, 0.3) is 0 Å². The lowest BCUT2D eigenvalue weighted by Gasteiger charge is -2.08. The van der Waals surface area contributed by atoms with E-state index in [1.807, 2.05) is 0 Å². The molecule has 0 fully saturated rings. The van der Waals surface area contributed by atoms with Crippen LogP contribution in [-0.4, -0.2) is 30.4 Å². The fourth-order valence-electron chi connectivity index (χ4n) is 1.82. The quantitative estimate of drug-likeness (QED) is 0.622. The van der Waals surface area contributed by atoms with Crippen molar-refractivity contribution in [3.63, 3.8) is 0 Å². The average molecular weight is 329 g/mol. The largest absolute Gasteiger partial charge is 0.484 e. The minimum Gasteiger partial charge on any atom is -0.484 e. The number of carbonyl (C=O) groups is 2. The van der Waals surface area contributed by atoms with E-state index in [2.05, 4.69) is 10.6 Å². The fraction of sp³-hybridized carbons (Fsp3) is 0.125. The van der Waals surface area contributed by atoms with Crippen LogP contribution >= 0.6 is 0 Å². The lowest BCUT2D eigenvalue weighted by molar-refractivity contribution is -0.384. The van der Waals surface area contributed by atoms with Gasteiger partial charge in [0.2, 0.25) is 0 Å². The second kappa shape index (κ2) is 7.73. The first-order chi connectivity index (χ1) is 11.5. The second-order valence-corrected chi connectivity index (χ2v) is 4.75. The number of carbonyl (C=O) groups excluding carboxylic acids is 2. The molecule has 0 saturated heterocycles. The van der Waals surface area contributed by atoms with Crippen molar-refractivity contribution in [2.24, 2.45) is 0 Å². The van der Waals surface area contributed by atoms with Gasteiger partial charge < -0.3 is 15.4 Å². The number of nitro benzene ring substituents is 1. The summed E-state index contributed by atoms with van der Waals surface area (Å²) in [4.78, 5) is 33.4. The Hall–Kier alpha value is -3.42. The third-order valence-corrected chi connectivity index (χ3v) is 3.08. The topological polar surface area (TPSA) is 111 Å². The Morgan fingerprint density at radius 1 is 1.17 bits per heavy atom. The Balaban J connectivity index is 2.00. The highest BCUT2D eigenvalue weighted by molar-refractivity contribution is 6.04. The van der Waals surface area contributed by atoms with E-state index in [1.165, 1.54) is 31.3 Å². The molecule has 0 heterocycles. The normalized spacial score (nSPS) is 9.88. The predicted molar refractivity (Wildman–Crippen MR) is 87.1 cm³/mol. The number of nitrogens with one attached hydrogen (secondary N) is 2. The number of nitro groups is 1. The highest BCUT2D eigenvalue weighted by atomic mass is 16.6. The summed E-state index contributed by atoms with van der Waals surface area (Å²) in [6, 6.07) is 11.9. The van der Waals surface area contributed by atoms with Gasteiger partial charge in [0, 0.05) is 30.4 Å². The average Bonchev–Trinajstić information content (AvgIpc) is 2.60. The first-order valence-corrected chi connectivity index (χ1v) is 6.99. The summed E-state index contributed by atoms with van der Waals surface area (Å²) in [6.45, 7) is -0.101. The molecule has 0 aliphatic carbocycles. The zero-order valence-electron chi connectivity index (χ0n) is 12.8. The molecule has 0 aliphatic heterocycles. The molecule has 0 atom stereocenters. The number of rotatable bonds is 6. The first-order valence-electron chi connectivity index (χ1n) is 6.99. The van der Waals surface area contributed by atoms with Crippen LogP contribution in [0.3, 0.4) is 0 Å². The van der Waals surface area contributed by atoms with E-state index in [0.717, 1.165) is 0 Å². The molecule has 24 heavy (non-hydrogen) atoms. The minimum absolute atomic E-state index is 0.101. The number of nitrogens with zero attached hydrogens (tertiary/aromatic N) is 1. The van der Waals surface area contributed by atoms with Crippen LogP contribution in [0.15, 0.2) is 48.5 Å². The highest BCUT2D eigenvalue weighted by Gasteiger charge is 2.11. The molecule has 0 saturated carbocycles. The molecule has 0 aliphatic rings. The minimum atomic E-state index is -0.560. The van der Waals surface area contributed by atoms with Crippen molar-refractivity contribution >= 4 is 23.2 Å². The molecule has 2 amide bonds. The molecule has 2 aromatic rings. The first kappa shape index (κ1) is 16.9. The van der Waals surface area contributed by atoms with Crippen molar-refractivity contribution in [3.8, 4) is 5.75 Å². The Kier molecular flexibility index (Phi) is 5.45. The van der Waals surface area contributed by atoms with E-state index >= 15 is 0 Å². The molecule has 0 unspecified atom stereocenters. The van der Waals surface area contributed by atoms with Gasteiger partial charge in [0.25, 0.3) is 17.5 Å². The summed E-state index contributed by atoms with van der Waals surface area (Å²) in [6.07, 6.45) is 0. The molecular formula is C16H15N3O5. The van der Waals surface area contributed by atoms with Gasteiger partial charge in [-0.1, -0.05) is 6.07 Å². The van der Waals surface area contributed by atoms with E-state index in [4.69, 9.17) is 4.74 Å². The summed E-state index contributed by atoms with van der Waals surface area (Å²) in [7, 11) is 1.51. The molecule has 0 aromatic heterocycles. The standard InChI is InChI=1S/C16H15N3O5/c1-17-15(20)10-24-14-7-5-12(6-8-14)18-16(21)11-3-2-4-13(9-11)19(22)23/h2-9H,10H2,1H3,(H,17,20)(H,18,21). The van der Waals surface area contributed by atoms with Crippen molar-refractivity contribution in [3.05, 3.63) is 64.2 Å². The smallest absolute Gasteiger partial charge is 0.270 e. The molecule has 0 radical (unpaired) electrons. The van der Waals surface area contributed by atoms with Crippen LogP contribution in [0.5, 0.6) is 5.75 Å². The van der Waals surface area contributed by atoms with Crippen LogP contribution in [0.1, 0.15) is 10.4 Å².